The molecule has 2 aromatic rings. The normalized spacial score (nSPS) is 10.9. The van der Waals surface area contributed by atoms with Gasteiger partial charge in [-0.2, -0.15) is 0 Å². The average molecular weight is 325 g/mol. The Balaban J connectivity index is 1.75. The first-order valence-corrected chi connectivity index (χ1v) is 8.16. The Hall–Kier alpha value is -1.46. The highest BCUT2D eigenvalue weighted by atomic mass is 35.5. The molecule has 112 valence electrons. The Kier molecular flexibility index (Phi) is 5.70. The van der Waals surface area contributed by atoms with Crippen LogP contribution in [0.1, 0.15) is 31.0 Å². The van der Waals surface area contributed by atoms with Crippen LogP contribution in [0.2, 0.25) is 5.02 Å². The highest BCUT2D eigenvalue weighted by Gasteiger charge is 2.10. The lowest BCUT2D eigenvalue weighted by atomic mass is 10.1. The largest absolute Gasteiger partial charge is 0.338 e. The number of carbonyl (C=O) groups is 1. The number of amides is 1. The molecule has 0 aliphatic carbocycles. The lowest BCUT2D eigenvalue weighted by Gasteiger charge is -2.02. The van der Waals surface area contributed by atoms with E-state index in [1.807, 2.05) is 38.1 Å². The maximum absolute atomic E-state index is 11.8. The zero-order chi connectivity index (χ0) is 15.2. The minimum atomic E-state index is -0.0968. The number of hydrogen-bond donors (Lipinski definition) is 1. The smallest absolute Gasteiger partial charge is 0.236 e. The molecule has 1 N–H and O–H groups in total. The van der Waals surface area contributed by atoms with E-state index < -0.39 is 0 Å². The van der Waals surface area contributed by atoms with Crippen molar-refractivity contribution in [2.75, 3.05) is 11.1 Å². The number of carbonyl (C=O) groups excluding carboxylic acids is 1. The predicted octanol–water partition coefficient (Wildman–Crippen LogP) is 4.32. The fourth-order valence-corrected chi connectivity index (χ4v) is 2.55. The molecule has 1 aromatic carbocycles. The van der Waals surface area contributed by atoms with Gasteiger partial charge in [0.25, 0.3) is 0 Å². The molecule has 0 saturated heterocycles. The van der Waals surface area contributed by atoms with E-state index in [0.717, 1.165) is 17.0 Å². The number of thioether (sulfide) groups is 1. The summed E-state index contributed by atoms with van der Waals surface area (Å²) in [6.07, 6.45) is 0. The van der Waals surface area contributed by atoms with E-state index in [2.05, 4.69) is 10.5 Å². The predicted molar refractivity (Wildman–Crippen MR) is 86.8 cm³/mol. The van der Waals surface area contributed by atoms with Gasteiger partial charge in [-0.1, -0.05) is 42.7 Å². The summed E-state index contributed by atoms with van der Waals surface area (Å²) in [5.74, 6) is 1.70. The Labute approximate surface area is 133 Å². The third-order valence-electron chi connectivity index (χ3n) is 2.80. The Bertz CT molecular complexity index is 596. The van der Waals surface area contributed by atoms with Crippen molar-refractivity contribution in [1.82, 2.24) is 5.16 Å². The van der Waals surface area contributed by atoms with Crippen LogP contribution in [-0.2, 0) is 10.5 Å². The van der Waals surface area contributed by atoms with Crippen molar-refractivity contribution in [3.8, 4) is 0 Å². The highest BCUT2D eigenvalue weighted by molar-refractivity contribution is 7.99. The number of halogens is 1. The molecule has 0 unspecified atom stereocenters. The summed E-state index contributed by atoms with van der Waals surface area (Å²) >= 11 is 7.36. The van der Waals surface area contributed by atoms with Gasteiger partial charge < -0.3 is 4.52 Å². The van der Waals surface area contributed by atoms with Crippen molar-refractivity contribution in [3.63, 3.8) is 0 Å². The second kappa shape index (κ2) is 7.52. The Morgan fingerprint density at radius 3 is 2.71 bits per heavy atom. The lowest BCUT2D eigenvalue weighted by Crippen LogP contribution is -2.13. The minimum absolute atomic E-state index is 0.0968. The van der Waals surface area contributed by atoms with Gasteiger partial charge in [-0.25, -0.2) is 0 Å². The molecule has 0 fully saturated rings. The quantitative estimate of drug-likeness (QED) is 0.859. The SMILES string of the molecule is CC(C)c1cc(NC(=O)CSCc2ccc(Cl)cc2)on1. The Morgan fingerprint density at radius 2 is 2.10 bits per heavy atom. The number of nitrogens with one attached hydrogen (secondary N) is 1. The molecule has 2 rings (SSSR count). The van der Waals surface area contributed by atoms with Crippen molar-refractivity contribution >= 4 is 35.2 Å². The molecule has 0 aliphatic heterocycles. The van der Waals surface area contributed by atoms with Crippen LogP contribution in [0.3, 0.4) is 0 Å². The monoisotopic (exact) mass is 324 g/mol. The third-order valence-corrected chi connectivity index (χ3v) is 4.05. The van der Waals surface area contributed by atoms with E-state index in [4.69, 9.17) is 16.1 Å². The second-order valence-corrected chi connectivity index (χ2v) is 6.36. The van der Waals surface area contributed by atoms with Crippen LogP contribution < -0.4 is 5.32 Å². The van der Waals surface area contributed by atoms with Crippen molar-refractivity contribution in [2.24, 2.45) is 0 Å². The van der Waals surface area contributed by atoms with Gasteiger partial charge in [0.2, 0.25) is 11.8 Å². The summed E-state index contributed by atoms with van der Waals surface area (Å²) < 4.78 is 5.07. The summed E-state index contributed by atoms with van der Waals surface area (Å²) in [6.45, 7) is 4.04. The molecule has 21 heavy (non-hydrogen) atoms. The maximum Gasteiger partial charge on any atom is 0.236 e. The fourth-order valence-electron chi connectivity index (χ4n) is 1.64. The molecular weight excluding hydrogens is 308 g/mol. The molecule has 0 spiro atoms. The molecule has 1 amide bonds. The summed E-state index contributed by atoms with van der Waals surface area (Å²) in [5, 5.41) is 7.31. The summed E-state index contributed by atoms with van der Waals surface area (Å²) in [4.78, 5) is 11.8. The van der Waals surface area contributed by atoms with E-state index >= 15 is 0 Å². The van der Waals surface area contributed by atoms with Crippen LogP contribution in [0.5, 0.6) is 0 Å². The zero-order valence-corrected chi connectivity index (χ0v) is 13.5. The zero-order valence-electron chi connectivity index (χ0n) is 11.9. The molecule has 0 atom stereocenters. The number of rotatable bonds is 6. The topological polar surface area (TPSA) is 55.1 Å². The first-order chi connectivity index (χ1) is 10.0. The van der Waals surface area contributed by atoms with Gasteiger partial charge in [-0.15, -0.1) is 11.8 Å². The van der Waals surface area contributed by atoms with Crippen molar-refractivity contribution < 1.29 is 9.32 Å². The van der Waals surface area contributed by atoms with Gasteiger partial charge in [0.15, 0.2) is 0 Å². The Morgan fingerprint density at radius 1 is 1.38 bits per heavy atom. The van der Waals surface area contributed by atoms with E-state index in [0.29, 0.717) is 16.7 Å². The molecule has 4 nitrogen and oxygen atoms in total. The molecule has 1 heterocycles. The van der Waals surface area contributed by atoms with Gasteiger partial charge in [-0.3, -0.25) is 10.1 Å². The highest BCUT2D eigenvalue weighted by Crippen LogP contribution is 2.18. The fraction of sp³-hybridized carbons (Fsp3) is 0.333. The first kappa shape index (κ1) is 15.9. The van der Waals surface area contributed by atoms with Gasteiger partial charge in [0, 0.05) is 16.8 Å². The van der Waals surface area contributed by atoms with Crippen LogP contribution in [0, 0.1) is 0 Å². The second-order valence-electron chi connectivity index (χ2n) is 4.94. The molecule has 6 heteroatoms. The first-order valence-electron chi connectivity index (χ1n) is 6.63. The summed E-state index contributed by atoms with van der Waals surface area (Å²) in [7, 11) is 0. The van der Waals surface area contributed by atoms with Gasteiger partial charge in [-0.05, 0) is 23.6 Å². The standard InChI is InChI=1S/C15H17ClN2O2S/c1-10(2)13-7-15(20-18-13)17-14(19)9-21-8-11-3-5-12(16)6-4-11/h3-7,10H,8-9H2,1-2H3,(H,17,19). The molecule has 0 aliphatic rings. The van der Waals surface area contributed by atoms with E-state index in [9.17, 15) is 4.79 Å². The van der Waals surface area contributed by atoms with Crippen molar-refractivity contribution in [3.05, 3.63) is 46.6 Å². The minimum Gasteiger partial charge on any atom is -0.338 e. The van der Waals surface area contributed by atoms with Crippen molar-refractivity contribution in [2.45, 2.75) is 25.5 Å². The van der Waals surface area contributed by atoms with Gasteiger partial charge in [0.05, 0.1) is 11.4 Å². The number of anilines is 1. The molecule has 0 saturated carbocycles. The van der Waals surface area contributed by atoms with Crippen LogP contribution in [-0.4, -0.2) is 16.8 Å². The number of nitrogens with zero attached hydrogens (tertiary/aromatic N) is 1. The lowest BCUT2D eigenvalue weighted by molar-refractivity contribution is -0.113. The van der Waals surface area contributed by atoms with Crippen LogP contribution >= 0.6 is 23.4 Å². The van der Waals surface area contributed by atoms with Gasteiger partial charge >= 0.3 is 0 Å². The van der Waals surface area contributed by atoms with Gasteiger partial charge in [0.1, 0.15) is 0 Å². The number of hydrogen-bond acceptors (Lipinski definition) is 4. The van der Waals surface area contributed by atoms with E-state index in [1.165, 1.54) is 11.8 Å². The average Bonchev–Trinajstić information content (AvgIpc) is 2.90. The van der Waals surface area contributed by atoms with Crippen LogP contribution in [0.15, 0.2) is 34.9 Å². The summed E-state index contributed by atoms with van der Waals surface area (Å²) in [5.41, 5.74) is 1.97. The number of benzene rings is 1. The number of aromatic nitrogens is 1. The molecule has 0 radical (unpaired) electrons. The molecule has 0 bridgehead atoms. The van der Waals surface area contributed by atoms with Crippen molar-refractivity contribution in [1.29, 1.82) is 0 Å². The summed E-state index contributed by atoms with van der Waals surface area (Å²) in [6, 6.07) is 9.36. The van der Waals surface area contributed by atoms with E-state index in [-0.39, 0.29) is 11.8 Å². The maximum atomic E-state index is 11.8. The molecular formula is C15H17ClN2O2S. The van der Waals surface area contributed by atoms with Crippen LogP contribution in [0.4, 0.5) is 5.88 Å². The molecule has 1 aromatic heterocycles. The van der Waals surface area contributed by atoms with Crippen LogP contribution in [0.25, 0.3) is 0 Å². The third kappa shape index (κ3) is 5.10. The van der Waals surface area contributed by atoms with E-state index in [1.54, 1.807) is 6.07 Å².